The normalized spacial score (nSPS) is 10.7. The molecule has 0 bridgehead atoms. The number of fused-ring (bicyclic) bond motifs is 1. The minimum atomic E-state index is 0.154. The number of benzene rings is 8. The van der Waals surface area contributed by atoms with Gasteiger partial charge >= 0.3 is 0 Å². The molecule has 0 heterocycles. The highest BCUT2D eigenvalue weighted by Crippen LogP contribution is 2.24. The van der Waals surface area contributed by atoms with Gasteiger partial charge in [0.2, 0.25) is 0 Å². The molecule has 8 aromatic carbocycles. The van der Waals surface area contributed by atoms with Gasteiger partial charge in [-0.15, -0.1) is 11.6 Å². The fourth-order valence-electron chi connectivity index (χ4n) is 9.98. The first-order chi connectivity index (χ1) is 40.1. The Bertz CT molecular complexity index is 3120. The van der Waals surface area contributed by atoms with Crippen LogP contribution >= 0.6 is 23.2 Å². The summed E-state index contributed by atoms with van der Waals surface area (Å²) in [7, 11) is 16.4. The van der Waals surface area contributed by atoms with Gasteiger partial charge in [-0.05, 0) is 176 Å². The maximum Gasteiger partial charge on any atom is 0.253 e. The van der Waals surface area contributed by atoms with Crippen LogP contribution in [0.3, 0.4) is 0 Å². The molecule has 0 saturated heterocycles. The first-order valence-corrected chi connectivity index (χ1v) is 38.9. The Morgan fingerprint density at radius 2 is 0.918 bits per heavy atom. The summed E-state index contributed by atoms with van der Waals surface area (Å²) in [5.74, 6) is 2.50. The molecule has 0 aliphatic heterocycles. The van der Waals surface area contributed by atoms with Crippen molar-refractivity contribution in [1.82, 2.24) is 4.90 Å². The second-order valence-corrected chi connectivity index (χ2v) is 33.1. The fourth-order valence-corrected chi connectivity index (χ4v) is 16.3. The van der Waals surface area contributed by atoms with Crippen LogP contribution in [-0.2, 0) is 19.3 Å². The van der Waals surface area contributed by atoms with Gasteiger partial charge in [0.25, 0.3) is 5.91 Å². The van der Waals surface area contributed by atoms with Crippen LogP contribution in [0.2, 0.25) is 5.02 Å². The van der Waals surface area contributed by atoms with Gasteiger partial charge in [0.1, 0.15) is 0 Å². The lowest BCUT2D eigenvalue weighted by Gasteiger charge is -2.19. The Morgan fingerprint density at radius 1 is 0.459 bits per heavy atom. The number of methoxy groups -OCH3 is 2. The molecule has 9 rings (SSSR count). The van der Waals surface area contributed by atoms with Crippen molar-refractivity contribution in [3.63, 3.8) is 0 Å². The topological polar surface area (TPSA) is 42.0 Å². The molecule has 0 aromatic heterocycles. The molecule has 458 valence electrons. The number of hydrogen-bond acceptors (Lipinski definition) is 4. The second kappa shape index (κ2) is 40.4. The molecular weight excluding hydrogens is 1210 g/mol. The van der Waals surface area contributed by atoms with Crippen LogP contribution < -0.4 is 55.9 Å². The number of rotatable bonds is 8. The van der Waals surface area contributed by atoms with Gasteiger partial charge in [0.15, 0.2) is 11.5 Å². The molecule has 15 heteroatoms. The highest BCUT2D eigenvalue weighted by molar-refractivity contribution is 6.36. The number of nitrogens with zero attached hydrogens (tertiary/aromatic N) is 2. The monoisotopic (exact) mass is 1310 g/mol. The number of hydrogen-bond donors (Lipinski definition) is 0. The molecule has 0 N–H and O–H groups in total. The van der Waals surface area contributed by atoms with Crippen molar-refractivity contribution < 1.29 is 14.3 Å². The second-order valence-electron chi connectivity index (χ2n) is 23.1. The molecule has 0 saturated carbocycles. The maximum atomic E-state index is 12.1. The zero-order valence-corrected chi connectivity index (χ0v) is 73.7. The minimum Gasteiger partial charge on any atom is -0.493 e. The van der Waals surface area contributed by atoms with Gasteiger partial charge < -0.3 is 19.3 Å². The van der Waals surface area contributed by atoms with Gasteiger partial charge in [-0.1, -0.05) is 178 Å². The Hall–Kier alpha value is -5.05. The van der Waals surface area contributed by atoms with Crippen molar-refractivity contribution in [3.8, 4) is 11.5 Å². The van der Waals surface area contributed by atoms with Crippen LogP contribution in [0.1, 0.15) is 91.8 Å². The van der Waals surface area contributed by atoms with Crippen LogP contribution in [0.25, 0.3) is 0 Å². The van der Waals surface area contributed by atoms with E-state index in [-0.39, 0.29) is 5.91 Å². The molecular formula is C70H104Cl2N2O3Si8. The highest BCUT2D eigenvalue weighted by Gasteiger charge is 2.13. The lowest BCUT2D eigenvalue weighted by atomic mass is 10.1. The zero-order valence-electron chi connectivity index (χ0n) is 56.2. The van der Waals surface area contributed by atoms with E-state index in [0.29, 0.717) is 0 Å². The lowest BCUT2D eigenvalue weighted by Crippen LogP contribution is -2.31. The van der Waals surface area contributed by atoms with E-state index >= 15 is 0 Å². The molecule has 0 radical (unpaired) electrons. The molecule has 85 heavy (non-hydrogen) atoms. The van der Waals surface area contributed by atoms with E-state index in [4.69, 9.17) is 32.7 Å². The number of aryl methyl sites for hydroxylation is 11. The number of carbonyl (C=O) groups excluding carboxylic acids is 1. The predicted molar refractivity (Wildman–Crippen MR) is 412 cm³/mol. The quantitative estimate of drug-likeness (QED) is 0.174. The third kappa shape index (κ3) is 30.9. The molecule has 0 atom stereocenters. The molecule has 0 spiro atoms. The summed E-state index contributed by atoms with van der Waals surface area (Å²) in [6, 6.07) is 52.0. The average molecular weight is 1320 g/mol. The van der Waals surface area contributed by atoms with Crippen LogP contribution in [0.5, 0.6) is 11.5 Å². The summed E-state index contributed by atoms with van der Waals surface area (Å²) in [5, 5.41) is 12.3. The standard InChI is InChI=1S/C12H19NOSi.C9H13ClSi.C9H15NSi.C9H12Si.C8H12O2Si.2C8H12Si.C7H9ClSi/c1-4-13(5-2)12(14)10-6-9(3)7-11(15)8-10;1-7-4-8(2-3-10)6-9(11)5-7;1-7-4-8(10(2)3)6-9(11)5-7;10-9-5-4-7-2-1-3-8(7)6-9;1-9-7-4-3-6(11)5-8(7)10-2;1-6-3-7(2)5-8(9)4-6;1-6-3-4-8(9)5-7(6)2;1-5-2-6(8)4-7(9)3-5/h6-8H,4-5H2,1-3,15H3;4-6H,2-3H2,1,11H3;4-6H,1-3,11H3;4-6H,1-3H2,10H3;3-5H,1-2,11H3;2*3-5H,1-2,9H3;2-4H,1,9H3. The summed E-state index contributed by atoms with van der Waals surface area (Å²) in [5.41, 5.74) is 17.5. The van der Waals surface area contributed by atoms with E-state index in [2.05, 4.69) is 171 Å². The van der Waals surface area contributed by atoms with Crippen LogP contribution in [0.4, 0.5) is 5.69 Å². The summed E-state index contributed by atoms with van der Waals surface area (Å²) >= 11 is 11.4. The molecule has 1 aliphatic carbocycles. The maximum absolute atomic E-state index is 12.1. The Balaban J connectivity index is 0.000000333. The van der Waals surface area contributed by atoms with E-state index in [0.717, 1.165) is 98.7 Å². The van der Waals surface area contributed by atoms with Crippen molar-refractivity contribution >= 4 is 158 Å². The van der Waals surface area contributed by atoms with E-state index in [1.54, 1.807) is 30.5 Å². The molecule has 0 unspecified atom stereocenters. The fraction of sp³-hybridized carbons (Fsp3) is 0.300. The van der Waals surface area contributed by atoms with Gasteiger partial charge in [-0.2, -0.15) is 0 Å². The van der Waals surface area contributed by atoms with Crippen LogP contribution in [-0.4, -0.2) is 140 Å². The van der Waals surface area contributed by atoms with Crippen molar-refractivity contribution in [2.24, 2.45) is 0 Å². The highest BCUT2D eigenvalue weighted by atomic mass is 35.5. The Morgan fingerprint density at radius 3 is 1.39 bits per heavy atom. The van der Waals surface area contributed by atoms with Gasteiger partial charge in [0.05, 0.1) is 14.2 Å². The molecule has 5 nitrogen and oxygen atoms in total. The van der Waals surface area contributed by atoms with E-state index in [9.17, 15) is 4.79 Å². The summed E-state index contributed by atoms with van der Waals surface area (Å²) in [6.07, 6.45) is 5.02. The largest absolute Gasteiger partial charge is 0.493 e. The van der Waals surface area contributed by atoms with Gasteiger partial charge in [-0.25, -0.2) is 0 Å². The first kappa shape index (κ1) is 76.0. The van der Waals surface area contributed by atoms with E-state index < -0.39 is 0 Å². The number of ether oxygens (including phenoxy) is 2. The van der Waals surface area contributed by atoms with E-state index in [1.165, 1.54) is 142 Å². The number of amides is 1. The Kier molecular flexibility index (Phi) is 36.2. The number of alkyl halides is 1. The van der Waals surface area contributed by atoms with Crippen molar-refractivity contribution in [2.45, 2.75) is 94.9 Å². The number of halogens is 2. The summed E-state index contributed by atoms with van der Waals surface area (Å²) in [4.78, 5) is 16.1. The predicted octanol–water partition coefficient (Wildman–Crippen LogP) is 2.37. The summed E-state index contributed by atoms with van der Waals surface area (Å²) < 4.78 is 10.2. The smallest absolute Gasteiger partial charge is 0.253 e. The minimum absolute atomic E-state index is 0.154. The zero-order chi connectivity index (χ0) is 63.9. The number of carbonyl (C=O) groups is 1. The van der Waals surface area contributed by atoms with Crippen LogP contribution in [0, 0.1) is 55.4 Å². The molecule has 1 amide bonds. The van der Waals surface area contributed by atoms with Gasteiger partial charge in [-0.3, -0.25) is 4.79 Å². The first-order valence-electron chi connectivity index (χ1n) is 30.0. The third-order valence-electron chi connectivity index (χ3n) is 13.9. The molecule has 1 aliphatic rings. The van der Waals surface area contributed by atoms with E-state index in [1.807, 2.05) is 68.1 Å². The summed E-state index contributed by atoms with van der Waals surface area (Å²) in [6.45, 7) is 22.6. The molecule has 8 aromatic rings. The molecule has 0 fully saturated rings. The lowest BCUT2D eigenvalue weighted by molar-refractivity contribution is 0.0773. The SMILES string of the molecule is CCN(CC)C(=O)c1cc(C)cc([SiH3])c1.COc1ccc([SiH3])cc1OC.Cc1cc(C)cc([SiH3])c1.Cc1cc([SiH3])cc(CCCl)c1.Cc1cc([SiH3])cc(Cl)c1.Cc1cc([SiH3])cc(N(C)C)c1.Cc1ccc([SiH3])cc1C.[SiH3]c1ccc2c(c1)CCC2. The van der Waals surface area contributed by atoms with Gasteiger partial charge in [0, 0.05) is 131 Å². The third-order valence-corrected chi connectivity index (χ3v) is 19.1. The van der Waals surface area contributed by atoms with Crippen LogP contribution in [0.15, 0.2) is 146 Å². The van der Waals surface area contributed by atoms with Crippen molar-refractivity contribution in [3.05, 3.63) is 217 Å². The van der Waals surface area contributed by atoms with Crippen molar-refractivity contribution in [1.29, 1.82) is 0 Å². The number of anilines is 1. The average Bonchev–Trinajstić information content (AvgIpc) is 4.02. The Labute approximate surface area is 549 Å². The van der Waals surface area contributed by atoms with Crippen molar-refractivity contribution in [2.75, 3.05) is 52.2 Å².